The Hall–Kier alpha value is -3.08. The van der Waals surface area contributed by atoms with Gasteiger partial charge in [0.2, 0.25) is 0 Å². The molecular formula is C18H15NO4. The van der Waals surface area contributed by atoms with Gasteiger partial charge in [-0.3, -0.25) is 4.79 Å². The Labute approximate surface area is 132 Å². The van der Waals surface area contributed by atoms with Crippen molar-refractivity contribution >= 4 is 22.6 Å². The number of amides is 1. The van der Waals surface area contributed by atoms with Gasteiger partial charge in [-0.15, -0.1) is 0 Å². The molecule has 0 unspecified atom stereocenters. The lowest BCUT2D eigenvalue weighted by molar-refractivity contribution is 0.102. The molecule has 0 radical (unpaired) electrons. The molecule has 0 spiro atoms. The van der Waals surface area contributed by atoms with Gasteiger partial charge in [0.1, 0.15) is 16.9 Å². The van der Waals surface area contributed by atoms with E-state index in [1.165, 1.54) is 13.2 Å². The molecule has 2 aromatic carbocycles. The van der Waals surface area contributed by atoms with E-state index in [1.54, 1.807) is 30.3 Å². The molecule has 1 N–H and O–H groups in total. The van der Waals surface area contributed by atoms with Gasteiger partial charge in [-0.2, -0.15) is 0 Å². The molecule has 0 aliphatic rings. The van der Waals surface area contributed by atoms with E-state index in [-0.39, 0.29) is 5.56 Å². The van der Waals surface area contributed by atoms with E-state index in [2.05, 4.69) is 5.32 Å². The minimum Gasteiger partial charge on any atom is -0.495 e. The quantitative estimate of drug-likeness (QED) is 0.753. The number of anilines is 1. The van der Waals surface area contributed by atoms with E-state index in [4.69, 9.17) is 9.15 Å². The van der Waals surface area contributed by atoms with Gasteiger partial charge >= 0.3 is 5.63 Å². The molecule has 1 aromatic heterocycles. The Morgan fingerprint density at radius 3 is 2.70 bits per heavy atom. The van der Waals surface area contributed by atoms with Crippen LogP contribution in [0.2, 0.25) is 0 Å². The van der Waals surface area contributed by atoms with Crippen molar-refractivity contribution in [1.82, 2.24) is 0 Å². The number of para-hydroxylation sites is 1. The number of nitrogens with one attached hydrogen (secondary N) is 1. The summed E-state index contributed by atoms with van der Waals surface area (Å²) in [7, 11) is 1.52. The highest BCUT2D eigenvalue weighted by atomic mass is 16.5. The number of fused-ring (bicyclic) bond motifs is 1. The first-order chi connectivity index (χ1) is 11.1. The van der Waals surface area contributed by atoms with E-state index in [0.717, 1.165) is 5.56 Å². The van der Waals surface area contributed by atoms with Crippen molar-refractivity contribution in [2.75, 3.05) is 12.4 Å². The fraction of sp³-hybridized carbons (Fsp3) is 0.111. The molecule has 116 valence electrons. The van der Waals surface area contributed by atoms with Crippen molar-refractivity contribution in [3.8, 4) is 5.75 Å². The third kappa shape index (κ3) is 2.94. The van der Waals surface area contributed by atoms with E-state index in [0.29, 0.717) is 22.4 Å². The minimum atomic E-state index is -0.673. The van der Waals surface area contributed by atoms with Crippen LogP contribution in [-0.4, -0.2) is 13.0 Å². The Bertz CT molecular complexity index is 943. The number of hydrogen-bond acceptors (Lipinski definition) is 4. The first-order valence-electron chi connectivity index (χ1n) is 7.07. The van der Waals surface area contributed by atoms with E-state index < -0.39 is 11.5 Å². The minimum absolute atomic E-state index is 0.0488. The standard InChI is InChI=1S/C18H15NO4/c1-11-7-8-16(22-2)14(9-11)19-17(20)13-10-12-5-3-4-6-15(12)23-18(13)21/h3-10H,1-2H3,(H,19,20). The SMILES string of the molecule is COc1ccc(C)cc1NC(=O)c1cc2ccccc2oc1=O. The molecule has 0 aliphatic carbocycles. The van der Waals surface area contributed by atoms with E-state index >= 15 is 0 Å². The van der Waals surface area contributed by atoms with Crippen molar-refractivity contribution < 1.29 is 13.9 Å². The molecule has 3 rings (SSSR count). The highest BCUT2D eigenvalue weighted by molar-refractivity contribution is 6.06. The molecule has 5 heteroatoms. The Morgan fingerprint density at radius 1 is 1.13 bits per heavy atom. The summed E-state index contributed by atoms with van der Waals surface area (Å²) in [6.07, 6.45) is 0. The molecule has 23 heavy (non-hydrogen) atoms. The van der Waals surface area contributed by atoms with Gasteiger partial charge in [0.15, 0.2) is 0 Å². The number of carbonyl (C=O) groups excluding carboxylic acids is 1. The summed E-state index contributed by atoms with van der Waals surface area (Å²) in [5, 5.41) is 3.39. The molecule has 0 aliphatic heterocycles. The normalized spacial score (nSPS) is 10.5. The molecule has 3 aromatic rings. The van der Waals surface area contributed by atoms with Crippen molar-refractivity contribution in [3.05, 3.63) is 70.1 Å². The van der Waals surface area contributed by atoms with Crippen molar-refractivity contribution in [2.45, 2.75) is 6.92 Å². The summed E-state index contributed by atoms with van der Waals surface area (Å²) in [4.78, 5) is 24.5. The molecule has 0 atom stereocenters. The van der Waals surface area contributed by atoms with Crippen LogP contribution in [0, 0.1) is 6.92 Å². The third-order valence-electron chi connectivity index (χ3n) is 3.49. The van der Waals surface area contributed by atoms with Crippen LogP contribution in [0.15, 0.2) is 57.7 Å². The maximum absolute atomic E-state index is 12.4. The zero-order chi connectivity index (χ0) is 16.4. The lowest BCUT2D eigenvalue weighted by Gasteiger charge is -2.10. The average molecular weight is 309 g/mol. The van der Waals surface area contributed by atoms with Gasteiger partial charge in [0.25, 0.3) is 5.91 Å². The largest absolute Gasteiger partial charge is 0.495 e. The molecule has 0 saturated heterocycles. The number of benzene rings is 2. The summed E-state index contributed by atoms with van der Waals surface area (Å²) in [6, 6.07) is 14.0. The van der Waals surface area contributed by atoms with Crippen LogP contribution in [0.4, 0.5) is 5.69 Å². The highest BCUT2D eigenvalue weighted by Crippen LogP contribution is 2.25. The average Bonchev–Trinajstić information content (AvgIpc) is 2.54. The van der Waals surface area contributed by atoms with E-state index in [1.807, 2.05) is 19.1 Å². The number of methoxy groups -OCH3 is 1. The molecule has 0 bridgehead atoms. The van der Waals surface area contributed by atoms with Crippen molar-refractivity contribution in [3.63, 3.8) is 0 Å². The van der Waals surface area contributed by atoms with Crippen LogP contribution in [-0.2, 0) is 0 Å². The van der Waals surface area contributed by atoms with Gasteiger partial charge in [-0.1, -0.05) is 24.3 Å². The van der Waals surface area contributed by atoms with Gasteiger partial charge in [0, 0.05) is 5.39 Å². The van der Waals surface area contributed by atoms with Gasteiger partial charge in [0.05, 0.1) is 12.8 Å². The summed E-state index contributed by atoms with van der Waals surface area (Å²) >= 11 is 0. The second kappa shape index (κ2) is 5.96. The second-order valence-corrected chi connectivity index (χ2v) is 5.14. The summed E-state index contributed by atoms with van der Waals surface area (Å²) < 4.78 is 10.4. The number of aryl methyl sites for hydroxylation is 1. The van der Waals surface area contributed by atoms with Crippen LogP contribution in [0.25, 0.3) is 11.0 Å². The van der Waals surface area contributed by atoms with Crippen LogP contribution < -0.4 is 15.7 Å². The fourth-order valence-electron chi connectivity index (χ4n) is 2.33. The zero-order valence-corrected chi connectivity index (χ0v) is 12.8. The van der Waals surface area contributed by atoms with Gasteiger partial charge < -0.3 is 14.5 Å². The Morgan fingerprint density at radius 2 is 1.91 bits per heavy atom. The fourth-order valence-corrected chi connectivity index (χ4v) is 2.33. The predicted octanol–water partition coefficient (Wildman–Crippen LogP) is 3.36. The van der Waals surface area contributed by atoms with E-state index in [9.17, 15) is 9.59 Å². The molecule has 5 nitrogen and oxygen atoms in total. The van der Waals surface area contributed by atoms with Crippen LogP contribution in [0.5, 0.6) is 5.75 Å². The lowest BCUT2D eigenvalue weighted by Crippen LogP contribution is -2.21. The number of hydrogen-bond donors (Lipinski definition) is 1. The monoisotopic (exact) mass is 309 g/mol. The van der Waals surface area contributed by atoms with Gasteiger partial charge in [-0.05, 0) is 36.8 Å². The molecule has 0 fully saturated rings. The van der Waals surface area contributed by atoms with Crippen molar-refractivity contribution in [2.24, 2.45) is 0 Å². The molecule has 1 amide bonds. The third-order valence-corrected chi connectivity index (χ3v) is 3.49. The summed E-state index contributed by atoms with van der Waals surface area (Å²) in [6.45, 7) is 1.90. The lowest BCUT2D eigenvalue weighted by atomic mass is 10.1. The molecule has 0 saturated carbocycles. The predicted molar refractivity (Wildman–Crippen MR) is 88.2 cm³/mol. The Balaban J connectivity index is 2.00. The van der Waals surface area contributed by atoms with Crippen molar-refractivity contribution in [1.29, 1.82) is 0 Å². The number of carbonyl (C=O) groups is 1. The maximum atomic E-state index is 12.4. The summed E-state index contributed by atoms with van der Waals surface area (Å²) in [5.74, 6) is -0.0115. The molecular weight excluding hydrogens is 294 g/mol. The van der Waals surface area contributed by atoms with Crippen LogP contribution in [0.1, 0.15) is 15.9 Å². The number of rotatable bonds is 3. The smallest absolute Gasteiger partial charge is 0.349 e. The Kier molecular flexibility index (Phi) is 3.85. The molecule has 1 heterocycles. The number of ether oxygens (including phenoxy) is 1. The highest BCUT2D eigenvalue weighted by Gasteiger charge is 2.15. The van der Waals surface area contributed by atoms with Crippen LogP contribution in [0.3, 0.4) is 0 Å². The van der Waals surface area contributed by atoms with Crippen LogP contribution >= 0.6 is 0 Å². The first-order valence-corrected chi connectivity index (χ1v) is 7.07. The second-order valence-electron chi connectivity index (χ2n) is 5.14. The topological polar surface area (TPSA) is 68.5 Å². The maximum Gasteiger partial charge on any atom is 0.349 e. The summed E-state index contributed by atoms with van der Waals surface area (Å²) in [5.41, 5.74) is 1.19. The van der Waals surface area contributed by atoms with Gasteiger partial charge in [-0.25, -0.2) is 4.79 Å². The zero-order valence-electron chi connectivity index (χ0n) is 12.8. The first kappa shape index (κ1) is 14.8.